The molecule has 0 amide bonds. The van der Waals surface area contributed by atoms with Crippen molar-refractivity contribution >= 4 is 33.4 Å². The molecule has 0 fully saturated rings. The minimum Gasteiger partial charge on any atom is -0.488 e. The van der Waals surface area contributed by atoms with E-state index in [0.29, 0.717) is 20.8 Å². The third-order valence-corrected chi connectivity index (χ3v) is 5.84. The van der Waals surface area contributed by atoms with Crippen LogP contribution in [0.25, 0.3) is 22.1 Å². The van der Waals surface area contributed by atoms with Gasteiger partial charge in [0.25, 0.3) is 5.56 Å². The average molecular weight is 409 g/mol. The Kier molecular flexibility index (Phi) is 4.51. The van der Waals surface area contributed by atoms with E-state index in [1.807, 2.05) is 72.8 Å². The zero-order valence-electron chi connectivity index (χ0n) is 15.8. The van der Waals surface area contributed by atoms with Gasteiger partial charge in [0.15, 0.2) is 4.96 Å². The van der Waals surface area contributed by atoms with E-state index in [4.69, 9.17) is 4.74 Å². The molecule has 3 aromatic carbocycles. The third kappa shape index (κ3) is 3.11. The molecule has 0 aliphatic heterocycles. The maximum atomic E-state index is 13.0. The topological polar surface area (TPSA) is 67.4 Å². The molecule has 0 unspecified atom stereocenters. The van der Waals surface area contributed by atoms with E-state index in [1.54, 1.807) is 10.5 Å². The molecule has 0 atom stereocenters. The van der Waals surface area contributed by atoms with E-state index in [9.17, 15) is 10.1 Å². The first-order valence-electron chi connectivity index (χ1n) is 9.36. The van der Waals surface area contributed by atoms with E-state index in [-0.39, 0.29) is 12.2 Å². The number of thiazole rings is 1. The molecule has 2 aromatic heterocycles. The highest BCUT2D eigenvalue weighted by Gasteiger charge is 2.11. The van der Waals surface area contributed by atoms with Gasteiger partial charge in [0.2, 0.25) is 0 Å². The van der Waals surface area contributed by atoms with Crippen LogP contribution < -0.4 is 14.8 Å². The van der Waals surface area contributed by atoms with Crippen molar-refractivity contribution in [1.82, 2.24) is 9.38 Å². The lowest BCUT2D eigenvalue weighted by atomic mass is 10.1. The number of fused-ring (bicyclic) bond motifs is 3. The van der Waals surface area contributed by atoms with Crippen molar-refractivity contribution in [3.05, 3.63) is 104 Å². The Balaban J connectivity index is 1.54. The number of nitriles is 1. The van der Waals surface area contributed by atoms with Crippen LogP contribution in [-0.2, 0) is 6.61 Å². The van der Waals surface area contributed by atoms with E-state index in [0.717, 1.165) is 22.2 Å². The van der Waals surface area contributed by atoms with Crippen LogP contribution in [0.15, 0.2) is 77.6 Å². The minimum atomic E-state index is -0.0895. The Labute approximate surface area is 175 Å². The summed E-state index contributed by atoms with van der Waals surface area (Å²) in [7, 11) is 0. The van der Waals surface area contributed by atoms with Crippen LogP contribution in [0.4, 0.5) is 0 Å². The number of aromatic nitrogens is 2. The summed E-state index contributed by atoms with van der Waals surface area (Å²) in [6, 6.07) is 24.7. The van der Waals surface area contributed by atoms with Crippen LogP contribution in [0.5, 0.6) is 5.75 Å². The molecule has 30 heavy (non-hydrogen) atoms. The number of rotatable bonds is 4. The average Bonchev–Trinajstić information content (AvgIpc) is 3.29. The van der Waals surface area contributed by atoms with Crippen LogP contribution in [0.3, 0.4) is 0 Å². The molecule has 0 bridgehead atoms. The number of hydrogen-bond acceptors (Lipinski definition) is 5. The first-order chi connectivity index (χ1) is 14.7. The quantitative estimate of drug-likeness (QED) is 0.451. The van der Waals surface area contributed by atoms with Gasteiger partial charge in [0.05, 0.1) is 27.2 Å². The SMILES string of the molecule is N#Cc1ccccc1COc1ccccc1/C=c1\sc2nc3ccccc3n2c1=O. The monoisotopic (exact) mass is 409 g/mol. The van der Waals surface area contributed by atoms with Crippen molar-refractivity contribution in [2.75, 3.05) is 0 Å². The fourth-order valence-electron chi connectivity index (χ4n) is 3.40. The Morgan fingerprint density at radius 3 is 2.70 bits per heavy atom. The van der Waals surface area contributed by atoms with Crippen molar-refractivity contribution in [3.8, 4) is 11.8 Å². The second-order valence-corrected chi connectivity index (χ2v) is 7.74. The number of ether oxygens (including phenoxy) is 1. The van der Waals surface area contributed by atoms with Crippen molar-refractivity contribution in [2.45, 2.75) is 6.61 Å². The molecule has 0 radical (unpaired) electrons. The minimum absolute atomic E-state index is 0.0895. The maximum Gasteiger partial charge on any atom is 0.274 e. The standard InChI is InChI=1S/C24H15N3O2S/c25-14-17-8-1-2-9-18(17)15-29-21-12-6-3-7-16(21)13-22-23(28)27-20-11-5-4-10-19(20)26-24(27)30-22/h1-13H,15H2/b22-13-. The van der Waals surface area contributed by atoms with Gasteiger partial charge in [-0.3, -0.25) is 4.79 Å². The van der Waals surface area contributed by atoms with Crippen molar-refractivity contribution in [1.29, 1.82) is 5.26 Å². The van der Waals surface area contributed by atoms with Crippen molar-refractivity contribution in [3.63, 3.8) is 0 Å². The summed E-state index contributed by atoms with van der Waals surface area (Å²) in [5.41, 5.74) is 3.75. The molecule has 5 nitrogen and oxygen atoms in total. The first-order valence-corrected chi connectivity index (χ1v) is 10.2. The first kappa shape index (κ1) is 18.1. The molecule has 0 aliphatic carbocycles. The van der Waals surface area contributed by atoms with Crippen LogP contribution in [-0.4, -0.2) is 9.38 Å². The highest BCUT2D eigenvalue weighted by molar-refractivity contribution is 7.15. The summed E-state index contributed by atoms with van der Waals surface area (Å²) < 4.78 is 8.25. The lowest BCUT2D eigenvalue weighted by Gasteiger charge is -2.10. The number of hydrogen-bond donors (Lipinski definition) is 0. The van der Waals surface area contributed by atoms with Gasteiger partial charge in [-0.2, -0.15) is 5.26 Å². The Hall–Kier alpha value is -3.95. The Morgan fingerprint density at radius 2 is 1.80 bits per heavy atom. The second kappa shape index (κ2) is 7.47. The number of nitrogens with zero attached hydrogens (tertiary/aromatic N) is 3. The molecule has 5 aromatic rings. The highest BCUT2D eigenvalue weighted by Crippen LogP contribution is 2.21. The zero-order chi connectivity index (χ0) is 20.5. The molecule has 0 saturated heterocycles. The number of benzene rings is 3. The zero-order valence-corrected chi connectivity index (χ0v) is 16.6. The molecule has 144 valence electrons. The fraction of sp³-hybridized carbons (Fsp3) is 0.0417. The molecule has 2 heterocycles. The smallest absolute Gasteiger partial charge is 0.274 e. The van der Waals surface area contributed by atoms with E-state index < -0.39 is 0 Å². The van der Waals surface area contributed by atoms with Gasteiger partial charge in [0, 0.05) is 11.1 Å². The highest BCUT2D eigenvalue weighted by atomic mass is 32.1. The fourth-order valence-corrected chi connectivity index (χ4v) is 4.37. The van der Waals surface area contributed by atoms with Gasteiger partial charge in [-0.15, -0.1) is 0 Å². The van der Waals surface area contributed by atoms with E-state index in [2.05, 4.69) is 11.1 Å². The second-order valence-electron chi connectivity index (χ2n) is 6.73. The summed E-state index contributed by atoms with van der Waals surface area (Å²) in [5.74, 6) is 0.653. The number of para-hydroxylation sites is 3. The molecule has 0 spiro atoms. The maximum absolute atomic E-state index is 13.0. The largest absolute Gasteiger partial charge is 0.488 e. The van der Waals surface area contributed by atoms with Gasteiger partial charge in [-0.1, -0.05) is 59.9 Å². The lowest BCUT2D eigenvalue weighted by molar-refractivity contribution is 0.305. The Morgan fingerprint density at radius 1 is 1.03 bits per heavy atom. The van der Waals surface area contributed by atoms with E-state index >= 15 is 0 Å². The van der Waals surface area contributed by atoms with Gasteiger partial charge in [-0.05, 0) is 30.3 Å². The summed E-state index contributed by atoms with van der Waals surface area (Å²) in [4.78, 5) is 18.2. The molecule has 0 N–H and O–H groups in total. The van der Waals surface area contributed by atoms with E-state index in [1.165, 1.54) is 11.3 Å². The summed E-state index contributed by atoms with van der Waals surface area (Å²) in [5, 5.41) is 9.27. The predicted octanol–water partition coefficient (Wildman–Crippen LogP) is 3.91. The predicted molar refractivity (Wildman–Crippen MR) is 118 cm³/mol. The molecule has 6 heteroatoms. The summed E-state index contributed by atoms with van der Waals surface area (Å²) in [6.07, 6.45) is 1.84. The summed E-state index contributed by atoms with van der Waals surface area (Å²) >= 11 is 1.36. The molecule has 5 rings (SSSR count). The third-order valence-electron chi connectivity index (χ3n) is 4.87. The molecular formula is C24H15N3O2S. The van der Waals surface area contributed by atoms with Crippen LogP contribution in [0.1, 0.15) is 16.7 Å². The van der Waals surface area contributed by atoms with Gasteiger partial charge < -0.3 is 4.74 Å². The van der Waals surface area contributed by atoms with Gasteiger partial charge in [0.1, 0.15) is 12.4 Å². The van der Waals surface area contributed by atoms with Gasteiger partial charge >= 0.3 is 0 Å². The number of imidazole rings is 1. The Bertz CT molecular complexity index is 1540. The molecule has 0 saturated carbocycles. The van der Waals surface area contributed by atoms with Crippen molar-refractivity contribution in [2.24, 2.45) is 0 Å². The van der Waals surface area contributed by atoms with Crippen LogP contribution in [0, 0.1) is 11.3 Å². The summed E-state index contributed by atoms with van der Waals surface area (Å²) in [6.45, 7) is 0.275. The molecular weight excluding hydrogens is 394 g/mol. The molecule has 0 aliphatic rings. The van der Waals surface area contributed by atoms with Gasteiger partial charge in [-0.25, -0.2) is 9.38 Å². The lowest BCUT2D eigenvalue weighted by Crippen LogP contribution is -2.22. The normalized spacial score (nSPS) is 11.8. The van der Waals surface area contributed by atoms with Crippen LogP contribution >= 0.6 is 11.3 Å². The van der Waals surface area contributed by atoms with Crippen molar-refractivity contribution < 1.29 is 4.74 Å². The van der Waals surface area contributed by atoms with Crippen LogP contribution in [0.2, 0.25) is 0 Å².